The van der Waals surface area contributed by atoms with Gasteiger partial charge in [0, 0.05) is 10.9 Å². The Morgan fingerprint density at radius 2 is 1.31 bits per heavy atom. The molecule has 0 saturated heterocycles. The summed E-state index contributed by atoms with van der Waals surface area (Å²) in [6.07, 6.45) is 8.54. The first-order valence-electron chi connectivity index (χ1n) is 12.9. The Kier molecular flexibility index (Phi) is 13.1. The third-order valence-electron chi connectivity index (χ3n) is 6.47. The second kappa shape index (κ2) is 16.0. The summed E-state index contributed by atoms with van der Waals surface area (Å²) in [6, 6.07) is 25.6. The van der Waals surface area contributed by atoms with E-state index in [9.17, 15) is 8.42 Å². The zero-order valence-corrected chi connectivity index (χ0v) is 25.8. The monoisotopic (exact) mass is 648 g/mol. The van der Waals surface area contributed by atoms with Crippen molar-refractivity contribution in [3.05, 3.63) is 143 Å². The molecule has 6 radical (unpaired) electrons. The molecule has 1 fully saturated rings. The van der Waals surface area contributed by atoms with Crippen LogP contribution in [0.3, 0.4) is 0 Å². The molecule has 4 nitrogen and oxygen atoms in total. The van der Waals surface area contributed by atoms with E-state index in [0.29, 0.717) is 0 Å². The molecule has 2 atom stereocenters. The molecule has 206 valence electrons. The van der Waals surface area contributed by atoms with Crippen molar-refractivity contribution in [1.82, 2.24) is 5.32 Å². The number of nitrogens with zero attached hydrogens (tertiary/aromatic N) is 1. The van der Waals surface area contributed by atoms with Gasteiger partial charge in [0.15, 0.2) is 0 Å². The predicted octanol–water partition coefficient (Wildman–Crippen LogP) is 7.99. The van der Waals surface area contributed by atoms with Crippen LogP contribution in [0.5, 0.6) is 0 Å². The van der Waals surface area contributed by atoms with E-state index in [1.54, 1.807) is 24.3 Å². The summed E-state index contributed by atoms with van der Waals surface area (Å²) in [7, 11) is 0.693. The van der Waals surface area contributed by atoms with Gasteiger partial charge in [-0.3, -0.25) is 0 Å². The Bertz CT molecular complexity index is 1200. The van der Waals surface area contributed by atoms with Crippen molar-refractivity contribution in [2.75, 3.05) is 6.54 Å². The molecule has 0 aromatic heterocycles. The molecule has 0 spiro atoms. The van der Waals surface area contributed by atoms with Crippen LogP contribution < -0.4 is 5.32 Å². The summed E-state index contributed by atoms with van der Waals surface area (Å²) in [6.45, 7) is 6.92. The van der Waals surface area contributed by atoms with Crippen LogP contribution in [0.4, 0.5) is 0 Å². The van der Waals surface area contributed by atoms with E-state index >= 15 is 0 Å². The van der Waals surface area contributed by atoms with Crippen LogP contribution in [0, 0.1) is 43.9 Å². The summed E-state index contributed by atoms with van der Waals surface area (Å²) in [5.74, 6) is 3.87. The predicted molar refractivity (Wildman–Crippen MR) is 157 cm³/mol. The second-order valence-electron chi connectivity index (χ2n) is 9.69. The molecule has 0 heterocycles. The van der Waals surface area contributed by atoms with E-state index in [-0.39, 0.29) is 10.9 Å². The van der Waals surface area contributed by atoms with Gasteiger partial charge in [-0.05, 0) is 81.0 Å². The van der Waals surface area contributed by atoms with Gasteiger partial charge in [-0.15, -0.1) is 0 Å². The fourth-order valence-corrected chi connectivity index (χ4v) is 5.86. The molecule has 7 heteroatoms. The van der Waals surface area contributed by atoms with Crippen molar-refractivity contribution in [2.45, 2.75) is 50.6 Å². The number of sulfonamides is 1. The third kappa shape index (κ3) is 9.79. The van der Waals surface area contributed by atoms with E-state index in [1.807, 2.05) is 84.9 Å². The Labute approximate surface area is 250 Å². The average molecular weight is 648 g/mol. The van der Waals surface area contributed by atoms with Gasteiger partial charge in [0.05, 0.1) is 0 Å². The fourth-order valence-electron chi connectivity index (χ4n) is 4.72. The molecule has 39 heavy (non-hydrogen) atoms. The van der Waals surface area contributed by atoms with Crippen molar-refractivity contribution in [3.63, 3.8) is 0 Å². The van der Waals surface area contributed by atoms with E-state index in [2.05, 4.69) is 52.8 Å². The van der Waals surface area contributed by atoms with Crippen molar-refractivity contribution >= 4 is 19.7 Å². The molecule has 1 aliphatic rings. The summed E-state index contributed by atoms with van der Waals surface area (Å²) in [4.78, 5) is 0.209. The zero-order valence-electron chi connectivity index (χ0n) is 22.5. The first-order chi connectivity index (χ1) is 18.8. The molecule has 4 rings (SSSR count). The van der Waals surface area contributed by atoms with Crippen LogP contribution in [0.1, 0.15) is 55.5 Å². The number of aryl methyl sites for hydroxylation is 1. The quantitative estimate of drug-likeness (QED) is 0.170. The molecule has 0 amide bonds. The number of hydrogen-bond donors (Lipinski definition) is 1. The summed E-state index contributed by atoms with van der Waals surface area (Å²) in [5, 5.41) is 3.66. The number of benzene rings is 3. The van der Waals surface area contributed by atoms with Crippen molar-refractivity contribution in [3.8, 4) is 0 Å². The number of nitrogens with one attached hydrogen (secondary N) is 1. The van der Waals surface area contributed by atoms with E-state index in [0.717, 1.165) is 36.1 Å². The van der Waals surface area contributed by atoms with Crippen LogP contribution in [-0.2, 0) is 27.3 Å². The second-order valence-corrected chi connectivity index (χ2v) is 11.3. The molecule has 0 unspecified atom stereocenters. The zero-order chi connectivity index (χ0) is 28.3. The first-order valence-corrected chi connectivity index (χ1v) is 16.6. The molecule has 3 aromatic carbocycles. The number of rotatable bonds is 11. The molecule has 3 aromatic rings. The van der Waals surface area contributed by atoms with Gasteiger partial charge in [-0.2, -0.15) is 0 Å². The van der Waals surface area contributed by atoms with Crippen molar-refractivity contribution in [1.29, 1.82) is 0 Å². The molecule has 0 bridgehead atoms. The number of hydrogen-bond acceptors (Lipinski definition) is 3. The van der Waals surface area contributed by atoms with Gasteiger partial charge < -0.3 is 10.0 Å². The maximum atomic E-state index is 13.4. The summed E-state index contributed by atoms with van der Waals surface area (Å²) < 4.78 is 31.4. The minimum absolute atomic E-state index is 0.209. The van der Waals surface area contributed by atoms with Crippen LogP contribution in [0.25, 0.3) is 4.72 Å². The van der Waals surface area contributed by atoms with Crippen LogP contribution in [0.15, 0.2) is 89.8 Å². The Morgan fingerprint density at radius 1 is 0.769 bits per heavy atom. The van der Waals surface area contributed by atoms with Crippen molar-refractivity contribution < 1.29 is 25.7 Å². The molecular formula is C32H35ClN2O2RuS. The van der Waals surface area contributed by atoms with Gasteiger partial charge in [0.1, 0.15) is 10.0 Å². The average Bonchev–Trinajstić information content (AvgIpc) is 2.94. The molecular weight excluding hydrogens is 613 g/mol. The van der Waals surface area contributed by atoms with Gasteiger partial charge >= 0.3 is 27.0 Å². The molecule has 1 saturated carbocycles. The Hall–Kier alpha value is -1.56. The SMILES string of the molecule is C[C]1[CH][C](C)[CH][C](CCCN[C@H](c2ccccc2)[C@H]([N-]S(=O)(=O)c2ccc(C)cc2)c2ccccc2)[CH]1.[Cl][Ru+]. The first kappa shape index (κ1) is 32.0. The van der Waals surface area contributed by atoms with Gasteiger partial charge in [0.25, 0.3) is 0 Å². The topological polar surface area (TPSA) is 60.3 Å². The summed E-state index contributed by atoms with van der Waals surface area (Å²) >= 11 is 1.82. The Morgan fingerprint density at radius 3 is 1.87 bits per heavy atom. The standard InChI is InChI=1S/C32H35N2O2S.ClH.Ru/c1-24-16-18-30(19-17-24)37(35,36)34-32(29-14-8-5-9-15-29)31(28-12-6-4-7-13-28)33-20-10-11-27-22-25(2)21-26(3)23-27;;/h4-9,12-19,21-23,31-33H,10-11,20H2,1-3H3;1H;/q-1;;+2/p-1/t31-,32-;;/m1../s1. The number of halogens is 1. The maximum absolute atomic E-state index is 13.4. The van der Waals surface area contributed by atoms with Crippen LogP contribution in [-0.4, -0.2) is 15.0 Å². The van der Waals surface area contributed by atoms with Crippen LogP contribution >= 0.6 is 9.69 Å². The summed E-state index contributed by atoms with van der Waals surface area (Å²) in [5.41, 5.74) is 2.87. The van der Waals surface area contributed by atoms with E-state index in [4.69, 9.17) is 0 Å². The van der Waals surface area contributed by atoms with Crippen molar-refractivity contribution in [2.24, 2.45) is 0 Å². The van der Waals surface area contributed by atoms with Gasteiger partial charge in [0.2, 0.25) is 0 Å². The Balaban J connectivity index is 0.00000205. The minimum atomic E-state index is -3.88. The normalized spacial score (nSPS) is 16.7. The molecule has 1 N–H and O–H groups in total. The van der Waals surface area contributed by atoms with E-state index < -0.39 is 16.1 Å². The van der Waals surface area contributed by atoms with E-state index in [1.165, 1.54) is 17.8 Å². The third-order valence-corrected chi connectivity index (χ3v) is 7.85. The van der Waals surface area contributed by atoms with Gasteiger partial charge in [-0.1, -0.05) is 104 Å². The molecule has 1 aliphatic carbocycles. The van der Waals surface area contributed by atoms with Crippen LogP contribution in [0.2, 0.25) is 0 Å². The van der Waals surface area contributed by atoms with Gasteiger partial charge in [-0.25, -0.2) is 8.42 Å². The molecule has 0 aliphatic heterocycles. The fraction of sp³-hybridized carbons (Fsp3) is 0.250.